The average Bonchev–Trinajstić information content (AvgIpc) is 3.04. The van der Waals surface area contributed by atoms with Gasteiger partial charge in [-0.3, -0.25) is 14.8 Å². The van der Waals surface area contributed by atoms with Crippen molar-refractivity contribution >= 4 is 11.8 Å². The van der Waals surface area contributed by atoms with E-state index in [9.17, 15) is 4.79 Å². The van der Waals surface area contributed by atoms with Crippen molar-refractivity contribution < 1.29 is 4.79 Å². The van der Waals surface area contributed by atoms with Crippen molar-refractivity contribution in [3.8, 4) is 0 Å². The van der Waals surface area contributed by atoms with Crippen molar-refractivity contribution in [1.82, 2.24) is 19.8 Å². The van der Waals surface area contributed by atoms with Crippen molar-refractivity contribution in [2.24, 2.45) is 5.92 Å². The molecule has 3 aliphatic rings. The lowest BCUT2D eigenvalue weighted by Crippen LogP contribution is -2.56. The monoisotopic (exact) mass is 419 g/mol. The summed E-state index contributed by atoms with van der Waals surface area (Å²) >= 11 is 0. The summed E-state index contributed by atoms with van der Waals surface area (Å²) in [6.45, 7) is 1.60. The Hall–Kier alpha value is -2.47. The number of carbonyl (C=O) groups excluding carboxylic acids is 1. The highest BCUT2D eigenvalue weighted by molar-refractivity contribution is 5.94. The Bertz CT molecular complexity index is 904. The number of anilines is 1. The van der Waals surface area contributed by atoms with Crippen LogP contribution in [0.1, 0.15) is 50.5 Å². The summed E-state index contributed by atoms with van der Waals surface area (Å²) in [5.41, 5.74) is 1.30. The fourth-order valence-electron chi connectivity index (χ4n) is 5.91. The normalized spacial score (nSPS) is 29.1. The number of hydrogen-bond acceptors (Lipinski definition) is 4. The third kappa shape index (κ3) is 3.41. The van der Waals surface area contributed by atoms with E-state index in [4.69, 9.17) is 0 Å². The number of aromatic nitrogens is 2. The maximum absolute atomic E-state index is 13.6. The topological polar surface area (TPSA) is 52.6 Å². The third-order valence-corrected chi connectivity index (χ3v) is 8.15. The van der Waals surface area contributed by atoms with Gasteiger partial charge in [-0.2, -0.15) is 0 Å². The lowest BCUT2D eigenvalue weighted by molar-refractivity contribution is 0.0172. The Morgan fingerprint density at radius 2 is 1.81 bits per heavy atom. The Balaban J connectivity index is 1.44. The molecule has 5 rings (SSSR count). The summed E-state index contributed by atoms with van der Waals surface area (Å²) in [5, 5.41) is 0. The fraction of sp³-hybridized carbons (Fsp3) is 0.560. The van der Waals surface area contributed by atoms with Crippen LogP contribution in [0.25, 0.3) is 0 Å². The highest BCUT2D eigenvalue weighted by Gasteiger charge is 2.55. The maximum Gasteiger partial charge on any atom is 0.326 e. The number of benzene rings is 1. The van der Waals surface area contributed by atoms with Crippen LogP contribution in [0.4, 0.5) is 10.6 Å². The molecule has 6 nitrogen and oxygen atoms in total. The largest absolute Gasteiger partial charge is 0.326 e. The number of carbonyl (C=O) groups is 1. The third-order valence-electron chi connectivity index (χ3n) is 8.15. The summed E-state index contributed by atoms with van der Waals surface area (Å²) in [4.78, 5) is 28.7. The molecule has 2 aromatic rings. The van der Waals surface area contributed by atoms with Gasteiger partial charge in [-0.05, 0) is 64.1 Å². The predicted molar refractivity (Wildman–Crippen MR) is 122 cm³/mol. The number of rotatable bonds is 5. The van der Waals surface area contributed by atoms with Crippen LogP contribution >= 0.6 is 0 Å². The van der Waals surface area contributed by atoms with Gasteiger partial charge in [0.2, 0.25) is 0 Å². The average molecular weight is 420 g/mol. The van der Waals surface area contributed by atoms with Gasteiger partial charge in [-0.25, -0.2) is 9.78 Å². The second-order valence-electron chi connectivity index (χ2n) is 9.86. The van der Waals surface area contributed by atoms with Crippen LogP contribution in [-0.2, 0) is 5.54 Å². The molecule has 0 unspecified atom stereocenters. The molecule has 1 saturated heterocycles. The molecule has 2 aliphatic carbocycles. The molecule has 2 amide bonds. The van der Waals surface area contributed by atoms with Crippen LogP contribution in [0.15, 0.2) is 48.9 Å². The molecule has 0 bridgehead atoms. The van der Waals surface area contributed by atoms with E-state index in [0.717, 1.165) is 38.8 Å². The van der Waals surface area contributed by atoms with E-state index in [-0.39, 0.29) is 17.1 Å². The second-order valence-corrected chi connectivity index (χ2v) is 9.86. The van der Waals surface area contributed by atoms with Gasteiger partial charge in [0.15, 0.2) is 5.82 Å². The molecule has 1 aliphatic heterocycles. The van der Waals surface area contributed by atoms with Gasteiger partial charge in [0.1, 0.15) is 0 Å². The van der Waals surface area contributed by atoms with E-state index in [1.165, 1.54) is 24.8 Å². The van der Waals surface area contributed by atoms with Gasteiger partial charge < -0.3 is 4.90 Å². The lowest BCUT2D eigenvalue weighted by Gasteiger charge is -2.51. The highest BCUT2D eigenvalue weighted by Crippen LogP contribution is 2.50. The maximum atomic E-state index is 13.6. The van der Waals surface area contributed by atoms with Crippen molar-refractivity contribution in [3.05, 3.63) is 54.5 Å². The van der Waals surface area contributed by atoms with Crippen LogP contribution in [0.5, 0.6) is 0 Å². The zero-order valence-electron chi connectivity index (χ0n) is 18.7. The minimum absolute atomic E-state index is 0.0255. The Kier molecular flexibility index (Phi) is 5.21. The molecule has 1 aromatic carbocycles. The molecule has 1 aromatic heterocycles. The van der Waals surface area contributed by atoms with Crippen molar-refractivity contribution in [3.63, 3.8) is 0 Å². The van der Waals surface area contributed by atoms with Gasteiger partial charge in [0.25, 0.3) is 0 Å². The molecule has 0 atom stereocenters. The molecular weight excluding hydrogens is 386 g/mol. The fourth-order valence-corrected chi connectivity index (χ4v) is 5.91. The molecule has 31 heavy (non-hydrogen) atoms. The van der Waals surface area contributed by atoms with E-state index >= 15 is 0 Å². The second kappa shape index (κ2) is 7.90. The molecule has 0 N–H and O–H groups in total. The zero-order chi connectivity index (χ0) is 21.5. The SMILES string of the molecule is CN(C)[C@]1(c2ccccc2)CC[C@@]2(CC1)CN(c1cnccn1)C(=O)N2CC1CCC1. The number of nitrogens with zero attached hydrogens (tertiary/aromatic N) is 5. The van der Waals surface area contributed by atoms with E-state index < -0.39 is 0 Å². The van der Waals surface area contributed by atoms with Crippen molar-refractivity contribution in [1.29, 1.82) is 0 Å². The zero-order valence-corrected chi connectivity index (χ0v) is 18.7. The number of hydrogen-bond donors (Lipinski definition) is 0. The first-order valence-corrected chi connectivity index (χ1v) is 11.6. The summed E-state index contributed by atoms with van der Waals surface area (Å²) < 4.78 is 0. The van der Waals surface area contributed by atoms with Crippen LogP contribution in [-0.4, -0.2) is 58.5 Å². The molecule has 3 fully saturated rings. The molecule has 2 heterocycles. The minimum atomic E-state index is -0.113. The summed E-state index contributed by atoms with van der Waals surface area (Å²) in [6.07, 6.45) is 13.0. The molecule has 2 saturated carbocycles. The summed E-state index contributed by atoms with van der Waals surface area (Å²) in [5.74, 6) is 1.33. The molecular formula is C25H33N5O. The Morgan fingerprint density at radius 1 is 1.06 bits per heavy atom. The van der Waals surface area contributed by atoms with E-state index in [1.807, 2.05) is 4.90 Å². The minimum Gasteiger partial charge on any atom is -0.317 e. The quantitative estimate of drug-likeness (QED) is 0.726. The van der Waals surface area contributed by atoms with E-state index in [0.29, 0.717) is 11.7 Å². The van der Waals surface area contributed by atoms with E-state index in [1.54, 1.807) is 18.6 Å². The highest BCUT2D eigenvalue weighted by atomic mass is 16.2. The Morgan fingerprint density at radius 3 is 2.39 bits per heavy atom. The molecule has 6 heteroatoms. The summed E-state index contributed by atoms with van der Waals surface area (Å²) in [7, 11) is 4.39. The van der Waals surface area contributed by atoms with Gasteiger partial charge in [0.05, 0.1) is 18.3 Å². The lowest BCUT2D eigenvalue weighted by atomic mass is 9.68. The number of amides is 2. The molecule has 1 spiro atoms. The first-order valence-electron chi connectivity index (χ1n) is 11.6. The predicted octanol–water partition coefficient (Wildman–Crippen LogP) is 4.29. The van der Waals surface area contributed by atoms with Crippen LogP contribution < -0.4 is 4.90 Å². The van der Waals surface area contributed by atoms with Crippen molar-refractivity contribution in [2.45, 2.75) is 56.0 Å². The van der Waals surface area contributed by atoms with Crippen molar-refractivity contribution in [2.75, 3.05) is 32.1 Å². The molecule has 164 valence electrons. The first kappa shape index (κ1) is 20.4. The standard InChI is InChI=1S/C25H33N5O/c1-28(2)25(21-9-4-3-5-10-21)13-11-24(12-14-25)19-29(22-17-26-15-16-27-22)23(31)30(24)18-20-7-6-8-20/h3-5,9-10,15-17,20H,6-8,11-14,18-19H2,1-2H3/t24-,25-. The van der Waals surface area contributed by atoms with Gasteiger partial charge in [-0.1, -0.05) is 36.8 Å². The van der Waals surface area contributed by atoms with Crippen LogP contribution in [0.3, 0.4) is 0 Å². The van der Waals surface area contributed by atoms with E-state index in [2.05, 4.69) is 64.2 Å². The number of urea groups is 1. The van der Waals surface area contributed by atoms with Gasteiger partial charge in [-0.15, -0.1) is 0 Å². The smallest absolute Gasteiger partial charge is 0.317 e. The molecule has 0 radical (unpaired) electrons. The van der Waals surface area contributed by atoms with Gasteiger partial charge in [0, 0.05) is 24.5 Å². The summed E-state index contributed by atoms with van der Waals surface area (Å²) in [6, 6.07) is 11.0. The van der Waals surface area contributed by atoms with Crippen LogP contribution in [0.2, 0.25) is 0 Å². The van der Waals surface area contributed by atoms with Crippen LogP contribution in [0, 0.1) is 5.92 Å². The first-order chi connectivity index (χ1) is 15.0. The van der Waals surface area contributed by atoms with Gasteiger partial charge >= 0.3 is 6.03 Å². The Labute approximate surface area is 185 Å².